The highest BCUT2D eigenvalue weighted by Gasteiger charge is 2.30. The lowest BCUT2D eigenvalue weighted by Crippen LogP contribution is -2.39. The third kappa shape index (κ3) is 6.24. The molecule has 2 aromatic carbocycles. The van der Waals surface area contributed by atoms with Gasteiger partial charge in [0, 0.05) is 25.0 Å². The van der Waals surface area contributed by atoms with Crippen molar-refractivity contribution in [1.82, 2.24) is 14.7 Å². The second-order valence-corrected chi connectivity index (χ2v) is 9.71. The summed E-state index contributed by atoms with van der Waals surface area (Å²) in [4.78, 5) is 26.7. The van der Waals surface area contributed by atoms with Gasteiger partial charge < -0.3 is 15.0 Å². The van der Waals surface area contributed by atoms with Gasteiger partial charge in [-0.1, -0.05) is 18.2 Å². The Morgan fingerprint density at radius 2 is 1.86 bits per heavy atom. The number of alkyl halides is 3. The number of carbonyl (C=O) groups is 2. The monoisotopic (exact) mass is 500 g/mol. The number of nitrogens with zero attached hydrogens (tertiary/aromatic N) is 3. The third-order valence-electron chi connectivity index (χ3n) is 5.62. The molecule has 1 aliphatic heterocycles. The number of rotatable bonds is 4. The first-order valence-electron chi connectivity index (χ1n) is 11.5. The summed E-state index contributed by atoms with van der Waals surface area (Å²) in [5.74, 6) is -0.378. The molecular formula is C26H27F3N4O3. The second kappa shape index (κ2) is 9.67. The third-order valence-corrected chi connectivity index (χ3v) is 5.62. The molecule has 7 nitrogen and oxygen atoms in total. The van der Waals surface area contributed by atoms with E-state index in [9.17, 15) is 22.8 Å². The van der Waals surface area contributed by atoms with Crippen LogP contribution >= 0.6 is 0 Å². The van der Waals surface area contributed by atoms with Gasteiger partial charge in [-0.3, -0.25) is 9.48 Å². The molecule has 1 N–H and O–H groups in total. The Bertz CT molecular complexity index is 1280. The number of carbonyl (C=O) groups excluding carboxylic acids is 2. The lowest BCUT2D eigenvalue weighted by atomic mass is 9.99. The zero-order chi connectivity index (χ0) is 26.1. The number of aromatic nitrogens is 2. The fraction of sp³-hybridized carbons (Fsp3) is 0.346. The number of fused-ring (bicyclic) bond motifs is 1. The Morgan fingerprint density at radius 3 is 2.58 bits per heavy atom. The van der Waals surface area contributed by atoms with Gasteiger partial charge in [0.15, 0.2) is 0 Å². The molecule has 0 radical (unpaired) electrons. The SMILES string of the molecule is CC(C)(C)OC(=O)N1CCc2cc(NC(=O)c3cnn(Cc4cccc(C(F)(F)F)c4)c3)ccc2C1. The van der Waals surface area contributed by atoms with Gasteiger partial charge in [0.05, 0.1) is 23.9 Å². The first-order chi connectivity index (χ1) is 16.9. The number of hydrogen-bond donors (Lipinski definition) is 1. The fourth-order valence-electron chi connectivity index (χ4n) is 3.92. The molecule has 36 heavy (non-hydrogen) atoms. The Hall–Kier alpha value is -3.82. The van der Waals surface area contributed by atoms with E-state index < -0.39 is 17.3 Å². The van der Waals surface area contributed by atoms with E-state index in [1.165, 1.54) is 23.1 Å². The van der Waals surface area contributed by atoms with Crippen LogP contribution in [0.4, 0.5) is 23.7 Å². The normalized spacial score (nSPS) is 13.8. The first kappa shape index (κ1) is 25.3. The highest BCUT2D eigenvalue weighted by atomic mass is 19.4. The van der Waals surface area contributed by atoms with Crippen LogP contribution < -0.4 is 5.32 Å². The first-order valence-corrected chi connectivity index (χ1v) is 11.5. The van der Waals surface area contributed by atoms with Crippen LogP contribution in [0.3, 0.4) is 0 Å². The number of amides is 2. The van der Waals surface area contributed by atoms with E-state index in [2.05, 4.69) is 10.4 Å². The smallest absolute Gasteiger partial charge is 0.416 e. The zero-order valence-corrected chi connectivity index (χ0v) is 20.2. The van der Waals surface area contributed by atoms with Crippen molar-refractivity contribution in [3.8, 4) is 0 Å². The van der Waals surface area contributed by atoms with Crippen LogP contribution in [0, 0.1) is 0 Å². The maximum absolute atomic E-state index is 12.9. The Kier molecular flexibility index (Phi) is 6.79. The average molecular weight is 501 g/mol. The van der Waals surface area contributed by atoms with Crippen molar-refractivity contribution in [1.29, 1.82) is 0 Å². The summed E-state index contributed by atoms with van der Waals surface area (Å²) in [6.07, 6.45) is -1.28. The maximum Gasteiger partial charge on any atom is 0.416 e. The van der Waals surface area contributed by atoms with Crippen molar-refractivity contribution in [2.24, 2.45) is 0 Å². The van der Waals surface area contributed by atoms with E-state index in [0.717, 1.165) is 23.3 Å². The van der Waals surface area contributed by atoms with E-state index in [1.807, 2.05) is 32.9 Å². The molecule has 3 aromatic rings. The van der Waals surface area contributed by atoms with Gasteiger partial charge >= 0.3 is 12.3 Å². The highest BCUT2D eigenvalue weighted by Crippen LogP contribution is 2.30. The molecule has 0 saturated carbocycles. The van der Waals surface area contributed by atoms with Crippen molar-refractivity contribution >= 4 is 17.7 Å². The summed E-state index contributed by atoms with van der Waals surface area (Å²) in [5.41, 5.74) is 2.05. The summed E-state index contributed by atoms with van der Waals surface area (Å²) in [6.45, 7) is 6.53. The van der Waals surface area contributed by atoms with Crippen LogP contribution in [-0.2, 0) is 30.4 Å². The molecule has 0 atom stereocenters. The molecule has 0 bridgehead atoms. The van der Waals surface area contributed by atoms with Gasteiger partial charge in [-0.05, 0) is 68.1 Å². The van der Waals surface area contributed by atoms with Crippen LogP contribution in [0.5, 0.6) is 0 Å². The van der Waals surface area contributed by atoms with Gasteiger partial charge in [0.25, 0.3) is 5.91 Å². The van der Waals surface area contributed by atoms with Crippen molar-refractivity contribution in [2.45, 2.75) is 52.1 Å². The molecule has 1 aliphatic rings. The molecule has 1 aromatic heterocycles. The Balaban J connectivity index is 1.38. The lowest BCUT2D eigenvalue weighted by molar-refractivity contribution is -0.137. The van der Waals surface area contributed by atoms with E-state index in [1.54, 1.807) is 17.0 Å². The predicted octanol–water partition coefficient (Wildman–Crippen LogP) is 5.50. The number of ether oxygens (including phenoxy) is 1. The minimum atomic E-state index is -4.42. The van der Waals surface area contributed by atoms with E-state index >= 15 is 0 Å². The van der Waals surface area contributed by atoms with Crippen LogP contribution in [0.25, 0.3) is 0 Å². The largest absolute Gasteiger partial charge is 0.444 e. The van der Waals surface area contributed by atoms with E-state index in [0.29, 0.717) is 30.8 Å². The molecule has 4 rings (SSSR count). The molecule has 190 valence electrons. The van der Waals surface area contributed by atoms with Crippen LogP contribution in [-0.4, -0.2) is 38.8 Å². The van der Waals surface area contributed by atoms with Gasteiger partial charge in [-0.2, -0.15) is 18.3 Å². The van der Waals surface area contributed by atoms with Crippen LogP contribution in [0.1, 0.15) is 53.4 Å². The maximum atomic E-state index is 12.9. The summed E-state index contributed by atoms with van der Waals surface area (Å²) in [7, 11) is 0. The van der Waals surface area contributed by atoms with Crippen molar-refractivity contribution in [3.63, 3.8) is 0 Å². The molecule has 2 amide bonds. The highest BCUT2D eigenvalue weighted by molar-refractivity contribution is 6.04. The minimum absolute atomic E-state index is 0.101. The van der Waals surface area contributed by atoms with Crippen LogP contribution in [0.2, 0.25) is 0 Å². The molecule has 0 unspecified atom stereocenters. The van der Waals surface area contributed by atoms with Gasteiger partial charge in [0.2, 0.25) is 0 Å². The van der Waals surface area contributed by atoms with Gasteiger partial charge in [-0.25, -0.2) is 4.79 Å². The van der Waals surface area contributed by atoms with Gasteiger partial charge in [0.1, 0.15) is 5.60 Å². The fourth-order valence-corrected chi connectivity index (χ4v) is 3.92. The second-order valence-electron chi connectivity index (χ2n) is 9.71. The summed E-state index contributed by atoms with van der Waals surface area (Å²) < 4.78 is 45.7. The van der Waals surface area contributed by atoms with Gasteiger partial charge in [-0.15, -0.1) is 0 Å². The van der Waals surface area contributed by atoms with Crippen molar-refractivity contribution in [2.75, 3.05) is 11.9 Å². The van der Waals surface area contributed by atoms with Crippen molar-refractivity contribution < 1.29 is 27.5 Å². The topological polar surface area (TPSA) is 76.5 Å². The predicted molar refractivity (Wildman–Crippen MR) is 128 cm³/mol. The summed E-state index contributed by atoms with van der Waals surface area (Å²) in [6, 6.07) is 10.5. The van der Waals surface area contributed by atoms with E-state index in [-0.39, 0.29) is 24.1 Å². The number of halogens is 3. The molecule has 0 spiro atoms. The molecule has 0 saturated heterocycles. The van der Waals surface area contributed by atoms with Crippen LogP contribution in [0.15, 0.2) is 54.9 Å². The lowest BCUT2D eigenvalue weighted by Gasteiger charge is -2.31. The molecule has 10 heteroatoms. The van der Waals surface area contributed by atoms with Crippen molar-refractivity contribution in [3.05, 3.63) is 82.7 Å². The molecule has 2 heterocycles. The molecule has 0 fully saturated rings. The molecule has 0 aliphatic carbocycles. The Morgan fingerprint density at radius 1 is 1.08 bits per heavy atom. The minimum Gasteiger partial charge on any atom is -0.444 e. The number of anilines is 1. The Labute approximate surface area is 206 Å². The zero-order valence-electron chi connectivity index (χ0n) is 20.2. The number of nitrogens with one attached hydrogen (secondary N) is 1. The quantitative estimate of drug-likeness (QED) is 0.514. The standard InChI is InChI=1S/C26H27F3N4O3/c1-25(2,3)36-24(35)32-10-9-18-12-22(8-7-19(18)15-32)31-23(34)20-13-30-33(16-20)14-17-5-4-6-21(11-17)26(27,28)29/h4-8,11-13,16H,9-10,14-15H2,1-3H3,(H,31,34). The number of benzene rings is 2. The number of hydrogen-bond acceptors (Lipinski definition) is 4. The molecular weight excluding hydrogens is 473 g/mol. The van der Waals surface area contributed by atoms with E-state index in [4.69, 9.17) is 4.74 Å². The summed E-state index contributed by atoms with van der Waals surface area (Å²) in [5, 5.41) is 6.94. The average Bonchev–Trinajstić information content (AvgIpc) is 3.26. The summed E-state index contributed by atoms with van der Waals surface area (Å²) >= 11 is 0.